The average molecular weight is 312 g/mol. The van der Waals surface area contributed by atoms with Crippen molar-refractivity contribution in [1.29, 1.82) is 0 Å². The molecule has 6 nitrogen and oxygen atoms in total. The number of aliphatic carboxylic acids is 1. The molecule has 0 bridgehead atoms. The summed E-state index contributed by atoms with van der Waals surface area (Å²) in [6.45, 7) is 4.73. The van der Waals surface area contributed by atoms with Crippen LogP contribution in [0.1, 0.15) is 65.7 Å². The Morgan fingerprint density at radius 1 is 1.23 bits per heavy atom. The third-order valence-electron chi connectivity index (χ3n) is 4.55. The fourth-order valence-corrected chi connectivity index (χ4v) is 2.69. The van der Waals surface area contributed by atoms with Crippen LogP contribution in [0.15, 0.2) is 0 Å². The molecule has 0 radical (unpaired) electrons. The summed E-state index contributed by atoms with van der Waals surface area (Å²) in [7, 11) is 0. The molecule has 1 aliphatic rings. The largest absolute Gasteiger partial charge is 0.480 e. The van der Waals surface area contributed by atoms with E-state index in [2.05, 4.69) is 10.6 Å². The number of amides is 2. The Bertz CT molecular complexity index is 418. The van der Waals surface area contributed by atoms with Crippen molar-refractivity contribution in [3.8, 4) is 0 Å². The number of carboxylic acids is 1. The van der Waals surface area contributed by atoms with Crippen LogP contribution in [0.3, 0.4) is 0 Å². The summed E-state index contributed by atoms with van der Waals surface area (Å²) in [6, 6.07) is -0.735. The minimum Gasteiger partial charge on any atom is -0.480 e. The van der Waals surface area contributed by atoms with Crippen LogP contribution in [-0.4, -0.2) is 34.5 Å². The first kappa shape index (κ1) is 18.5. The van der Waals surface area contributed by atoms with E-state index in [4.69, 9.17) is 5.11 Å². The number of hydrogen-bond acceptors (Lipinski definition) is 3. The van der Waals surface area contributed by atoms with Gasteiger partial charge in [0.15, 0.2) is 0 Å². The first-order valence-electron chi connectivity index (χ1n) is 8.13. The van der Waals surface area contributed by atoms with Gasteiger partial charge in [-0.1, -0.05) is 26.2 Å². The minimum atomic E-state index is -1.31. The zero-order chi connectivity index (χ0) is 16.8. The maximum absolute atomic E-state index is 12.1. The second-order valence-electron chi connectivity index (χ2n) is 6.48. The van der Waals surface area contributed by atoms with Gasteiger partial charge in [-0.2, -0.15) is 0 Å². The second kappa shape index (κ2) is 8.15. The van der Waals surface area contributed by atoms with Crippen molar-refractivity contribution in [1.82, 2.24) is 10.6 Å². The predicted molar refractivity (Wildman–Crippen MR) is 83.3 cm³/mol. The average Bonchev–Trinajstić information content (AvgIpc) is 2.47. The minimum absolute atomic E-state index is 0.136. The number of nitrogens with one attached hydrogen (secondary N) is 2. The highest BCUT2D eigenvalue weighted by Gasteiger charge is 2.34. The Balaban J connectivity index is 2.45. The van der Waals surface area contributed by atoms with E-state index in [1.807, 2.05) is 0 Å². The van der Waals surface area contributed by atoms with Gasteiger partial charge in [0, 0.05) is 6.42 Å². The number of carbonyl (C=O) groups excluding carboxylic acids is 2. The van der Waals surface area contributed by atoms with Crippen molar-refractivity contribution in [2.75, 3.05) is 0 Å². The zero-order valence-electron chi connectivity index (χ0n) is 13.8. The van der Waals surface area contributed by atoms with E-state index in [9.17, 15) is 14.4 Å². The quantitative estimate of drug-likeness (QED) is 0.668. The number of carboxylic acid groups (broad SMARTS) is 1. The molecular formula is C16H28N2O4. The molecule has 1 aliphatic carbocycles. The SMILES string of the molecule is CCC(C)(NC(=O)C(C)NC(=O)CC1CCCCC1)C(=O)O. The fourth-order valence-electron chi connectivity index (χ4n) is 2.69. The molecule has 2 atom stereocenters. The lowest BCUT2D eigenvalue weighted by Crippen LogP contribution is -2.56. The molecule has 6 heteroatoms. The van der Waals surface area contributed by atoms with Gasteiger partial charge < -0.3 is 15.7 Å². The Morgan fingerprint density at radius 2 is 1.82 bits per heavy atom. The van der Waals surface area contributed by atoms with Gasteiger partial charge in [-0.25, -0.2) is 4.79 Å². The normalized spacial score (nSPS) is 19.8. The van der Waals surface area contributed by atoms with E-state index in [0.29, 0.717) is 12.3 Å². The summed E-state index contributed by atoms with van der Waals surface area (Å²) in [6.07, 6.45) is 6.44. The van der Waals surface area contributed by atoms with Gasteiger partial charge in [-0.3, -0.25) is 9.59 Å². The summed E-state index contributed by atoms with van der Waals surface area (Å²) in [5.41, 5.74) is -1.31. The molecule has 0 heterocycles. The van der Waals surface area contributed by atoms with Gasteiger partial charge in [0.25, 0.3) is 0 Å². The van der Waals surface area contributed by atoms with Crippen molar-refractivity contribution >= 4 is 17.8 Å². The van der Waals surface area contributed by atoms with Crippen LogP contribution in [0.2, 0.25) is 0 Å². The zero-order valence-corrected chi connectivity index (χ0v) is 13.8. The molecule has 0 aromatic rings. The van der Waals surface area contributed by atoms with Crippen LogP contribution in [0.25, 0.3) is 0 Å². The number of hydrogen-bond donors (Lipinski definition) is 3. The molecule has 1 rings (SSSR count). The van der Waals surface area contributed by atoms with Crippen LogP contribution in [0.4, 0.5) is 0 Å². The van der Waals surface area contributed by atoms with Crippen LogP contribution in [-0.2, 0) is 14.4 Å². The van der Waals surface area contributed by atoms with Crippen molar-refractivity contribution < 1.29 is 19.5 Å². The molecule has 0 saturated heterocycles. The van der Waals surface area contributed by atoms with Gasteiger partial charge in [-0.15, -0.1) is 0 Å². The van der Waals surface area contributed by atoms with Crippen molar-refractivity contribution in [2.24, 2.45) is 5.92 Å². The lowest BCUT2D eigenvalue weighted by Gasteiger charge is -2.27. The molecule has 0 aromatic carbocycles. The first-order valence-corrected chi connectivity index (χ1v) is 8.13. The molecule has 22 heavy (non-hydrogen) atoms. The maximum atomic E-state index is 12.1. The molecular weight excluding hydrogens is 284 g/mol. The number of rotatable bonds is 7. The van der Waals surface area contributed by atoms with Gasteiger partial charge in [-0.05, 0) is 39.0 Å². The molecule has 2 amide bonds. The fraction of sp³-hybridized carbons (Fsp3) is 0.812. The van der Waals surface area contributed by atoms with Crippen LogP contribution in [0.5, 0.6) is 0 Å². The standard InChI is InChI=1S/C16H28N2O4/c1-4-16(3,15(21)22)18-14(20)11(2)17-13(19)10-12-8-6-5-7-9-12/h11-12H,4-10H2,1-3H3,(H,17,19)(H,18,20)(H,21,22). The highest BCUT2D eigenvalue weighted by atomic mass is 16.4. The monoisotopic (exact) mass is 312 g/mol. The molecule has 1 fully saturated rings. The Morgan fingerprint density at radius 3 is 2.32 bits per heavy atom. The van der Waals surface area contributed by atoms with Crippen LogP contribution < -0.4 is 10.6 Å². The molecule has 1 saturated carbocycles. The van der Waals surface area contributed by atoms with Crippen molar-refractivity contribution in [2.45, 2.75) is 77.3 Å². The Hall–Kier alpha value is -1.59. The van der Waals surface area contributed by atoms with Gasteiger partial charge >= 0.3 is 5.97 Å². The lowest BCUT2D eigenvalue weighted by atomic mass is 9.87. The van der Waals surface area contributed by atoms with E-state index in [0.717, 1.165) is 12.8 Å². The topological polar surface area (TPSA) is 95.5 Å². The third-order valence-corrected chi connectivity index (χ3v) is 4.55. The smallest absolute Gasteiger partial charge is 0.329 e. The first-order chi connectivity index (χ1) is 10.3. The summed E-state index contributed by atoms with van der Waals surface area (Å²) >= 11 is 0. The molecule has 126 valence electrons. The molecule has 0 aliphatic heterocycles. The van der Waals surface area contributed by atoms with E-state index < -0.39 is 23.5 Å². The summed E-state index contributed by atoms with van der Waals surface area (Å²) < 4.78 is 0. The van der Waals surface area contributed by atoms with Gasteiger partial charge in [0.1, 0.15) is 11.6 Å². The summed E-state index contributed by atoms with van der Waals surface area (Å²) in [5, 5.41) is 14.3. The highest BCUT2D eigenvalue weighted by Crippen LogP contribution is 2.26. The van der Waals surface area contributed by atoms with Gasteiger partial charge in [0.2, 0.25) is 11.8 Å². The van der Waals surface area contributed by atoms with Crippen molar-refractivity contribution in [3.05, 3.63) is 0 Å². The second-order valence-corrected chi connectivity index (χ2v) is 6.48. The van der Waals surface area contributed by atoms with Crippen LogP contribution in [0, 0.1) is 5.92 Å². The lowest BCUT2D eigenvalue weighted by molar-refractivity contribution is -0.147. The molecule has 0 aromatic heterocycles. The molecule has 3 N–H and O–H groups in total. The predicted octanol–water partition coefficient (Wildman–Crippen LogP) is 1.83. The molecule has 2 unspecified atom stereocenters. The Kier molecular flexibility index (Phi) is 6.84. The highest BCUT2D eigenvalue weighted by molar-refractivity contribution is 5.91. The Labute approximate surface area is 132 Å². The van der Waals surface area contributed by atoms with Gasteiger partial charge in [0.05, 0.1) is 0 Å². The van der Waals surface area contributed by atoms with E-state index in [1.54, 1.807) is 13.8 Å². The number of carbonyl (C=O) groups is 3. The van der Waals surface area contributed by atoms with Crippen LogP contribution >= 0.6 is 0 Å². The van der Waals surface area contributed by atoms with E-state index in [-0.39, 0.29) is 12.3 Å². The maximum Gasteiger partial charge on any atom is 0.329 e. The van der Waals surface area contributed by atoms with Crippen molar-refractivity contribution in [3.63, 3.8) is 0 Å². The third kappa shape index (κ3) is 5.31. The van der Waals surface area contributed by atoms with E-state index >= 15 is 0 Å². The molecule has 0 spiro atoms. The summed E-state index contributed by atoms with van der Waals surface area (Å²) in [4.78, 5) is 35.2. The summed E-state index contributed by atoms with van der Waals surface area (Å²) in [5.74, 6) is -1.28. The van der Waals surface area contributed by atoms with E-state index in [1.165, 1.54) is 26.2 Å².